The van der Waals surface area contributed by atoms with Crippen LogP contribution in [0, 0.1) is 12.8 Å². The topological polar surface area (TPSA) is 105 Å². The summed E-state index contributed by atoms with van der Waals surface area (Å²) in [5.74, 6) is 2.00. The minimum absolute atomic E-state index is 0.0162. The van der Waals surface area contributed by atoms with Gasteiger partial charge in [-0.1, -0.05) is 43.7 Å². The Morgan fingerprint density at radius 1 is 1.16 bits per heavy atom. The Labute approximate surface area is 193 Å². The van der Waals surface area contributed by atoms with Crippen LogP contribution >= 0.6 is 0 Å². The van der Waals surface area contributed by atoms with Gasteiger partial charge in [-0.15, -0.1) is 0 Å². The van der Waals surface area contributed by atoms with Crippen LogP contribution in [0.1, 0.15) is 43.5 Å². The Bertz CT molecular complexity index is 930. The predicted octanol–water partition coefficient (Wildman–Crippen LogP) is 2.41. The van der Waals surface area contributed by atoms with E-state index in [4.69, 9.17) is 9.97 Å². The standard InChI is InChI=1S/C24H34N4O3S/c1-16(2)20(14-29)25-22-21-19(8-13-32(21)31)26-23(27-22)28-11-9-24(15-30,10-12-28)18-6-4-17(3)5-7-18/h4-7,16,20,29-30H,8-15H2,1-3H3,(H,25,26,27)/t20-,32?/m0/s1. The summed E-state index contributed by atoms with van der Waals surface area (Å²) in [6, 6.07) is 8.31. The molecule has 32 heavy (non-hydrogen) atoms. The Balaban J connectivity index is 1.58. The molecule has 1 aromatic carbocycles. The van der Waals surface area contributed by atoms with E-state index in [2.05, 4.69) is 41.4 Å². The summed E-state index contributed by atoms with van der Waals surface area (Å²) < 4.78 is 12.6. The number of hydrogen-bond acceptors (Lipinski definition) is 7. The molecule has 2 aliphatic rings. The van der Waals surface area contributed by atoms with Crippen LogP contribution < -0.4 is 10.2 Å². The second kappa shape index (κ2) is 9.55. The smallest absolute Gasteiger partial charge is 0.227 e. The second-order valence-electron chi connectivity index (χ2n) is 9.42. The van der Waals surface area contributed by atoms with E-state index in [1.165, 1.54) is 11.1 Å². The van der Waals surface area contributed by atoms with Gasteiger partial charge < -0.3 is 25.0 Å². The molecular formula is C24H34N4O3S. The van der Waals surface area contributed by atoms with Gasteiger partial charge >= 0.3 is 0 Å². The summed E-state index contributed by atoms with van der Waals surface area (Å²) in [5, 5.41) is 23.4. The van der Waals surface area contributed by atoms with E-state index in [1.807, 2.05) is 13.8 Å². The van der Waals surface area contributed by atoms with E-state index < -0.39 is 11.2 Å². The Kier molecular flexibility index (Phi) is 6.95. The van der Waals surface area contributed by atoms with Crippen molar-refractivity contribution in [1.29, 1.82) is 0 Å². The first kappa shape index (κ1) is 23.3. The zero-order valence-electron chi connectivity index (χ0n) is 19.2. The predicted molar refractivity (Wildman–Crippen MR) is 128 cm³/mol. The summed E-state index contributed by atoms with van der Waals surface area (Å²) >= 11 is -1.12. The van der Waals surface area contributed by atoms with E-state index in [1.54, 1.807) is 0 Å². The summed E-state index contributed by atoms with van der Waals surface area (Å²) in [4.78, 5) is 12.4. The molecule has 8 heteroatoms. The number of benzene rings is 1. The van der Waals surface area contributed by atoms with Crippen LogP contribution in [0.4, 0.5) is 11.8 Å². The molecule has 1 aromatic heterocycles. The lowest BCUT2D eigenvalue weighted by Gasteiger charge is -2.41. The fourth-order valence-corrected chi connectivity index (χ4v) is 5.92. The molecule has 4 rings (SSSR count). The first-order chi connectivity index (χ1) is 15.4. The summed E-state index contributed by atoms with van der Waals surface area (Å²) in [6.07, 6.45) is 2.30. The molecule has 3 N–H and O–H groups in total. The lowest BCUT2D eigenvalue weighted by molar-refractivity contribution is 0.165. The third-order valence-electron chi connectivity index (χ3n) is 6.97. The fraction of sp³-hybridized carbons (Fsp3) is 0.583. The van der Waals surface area contributed by atoms with Gasteiger partial charge in [0.2, 0.25) is 10.8 Å². The van der Waals surface area contributed by atoms with Crippen LogP contribution in [0.25, 0.3) is 0 Å². The molecule has 0 spiro atoms. The zero-order valence-corrected chi connectivity index (χ0v) is 20.0. The third kappa shape index (κ3) is 4.46. The van der Waals surface area contributed by atoms with Crippen molar-refractivity contribution in [2.45, 2.75) is 56.4 Å². The van der Waals surface area contributed by atoms with Crippen LogP contribution in [-0.4, -0.2) is 62.8 Å². The van der Waals surface area contributed by atoms with Crippen molar-refractivity contribution < 1.29 is 14.8 Å². The number of rotatable bonds is 7. The van der Waals surface area contributed by atoms with E-state index in [9.17, 15) is 14.8 Å². The highest BCUT2D eigenvalue weighted by Gasteiger charge is 2.38. The van der Waals surface area contributed by atoms with Gasteiger partial charge in [0.05, 0.1) is 19.3 Å². The number of hydrogen-bond donors (Lipinski definition) is 3. The third-order valence-corrected chi connectivity index (χ3v) is 8.43. The fourth-order valence-electron chi connectivity index (χ4n) is 4.60. The number of aryl methyl sites for hydroxylation is 2. The van der Waals surface area contributed by atoms with Gasteiger partial charge in [0, 0.05) is 24.9 Å². The van der Waals surface area contributed by atoms with Crippen molar-refractivity contribution >= 4 is 22.9 Å². The average molecular weight is 459 g/mol. The maximum Gasteiger partial charge on any atom is 0.227 e. The van der Waals surface area contributed by atoms with Crippen molar-refractivity contribution in [3.8, 4) is 0 Å². The van der Waals surface area contributed by atoms with Crippen molar-refractivity contribution in [3.05, 3.63) is 41.1 Å². The molecule has 1 fully saturated rings. The average Bonchev–Trinajstić information content (AvgIpc) is 3.18. The van der Waals surface area contributed by atoms with Gasteiger partial charge in [-0.2, -0.15) is 4.98 Å². The normalized spacial score (nSPS) is 21.0. The molecule has 3 heterocycles. The molecule has 2 aromatic rings. The maximum absolute atomic E-state index is 12.6. The molecule has 0 amide bonds. The number of aliphatic hydroxyl groups excluding tert-OH is 2. The van der Waals surface area contributed by atoms with Crippen LogP contribution in [0.3, 0.4) is 0 Å². The molecule has 2 aliphatic heterocycles. The quantitative estimate of drug-likeness (QED) is 0.547. The Morgan fingerprint density at radius 2 is 1.84 bits per heavy atom. The van der Waals surface area contributed by atoms with Crippen molar-refractivity contribution in [2.24, 2.45) is 5.92 Å². The SMILES string of the molecule is Cc1ccc(C2(CO)CCN(c3nc4c(c(N[C@@H](CO)C(C)C)n3)[S+]([O-])CC4)CC2)cc1. The first-order valence-corrected chi connectivity index (χ1v) is 12.8. The number of fused-ring (bicyclic) bond motifs is 1. The minimum atomic E-state index is -1.12. The largest absolute Gasteiger partial charge is 0.611 e. The van der Waals surface area contributed by atoms with Gasteiger partial charge in [0.25, 0.3) is 0 Å². The molecule has 174 valence electrons. The Morgan fingerprint density at radius 3 is 2.44 bits per heavy atom. The molecule has 7 nitrogen and oxygen atoms in total. The van der Waals surface area contributed by atoms with E-state index in [-0.39, 0.29) is 30.6 Å². The van der Waals surface area contributed by atoms with Gasteiger partial charge in [-0.25, -0.2) is 4.98 Å². The number of piperidine rings is 1. The number of anilines is 2. The molecule has 0 bridgehead atoms. The zero-order chi connectivity index (χ0) is 22.9. The van der Waals surface area contributed by atoms with Crippen LogP contribution in [0.15, 0.2) is 29.2 Å². The van der Waals surface area contributed by atoms with Crippen molar-refractivity contribution in [3.63, 3.8) is 0 Å². The van der Waals surface area contributed by atoms with Gasteiger partial charge in [-0.3, -0.25) is 0 Å². The molecular weight excluding hydrogens is 424 g/mol. The molecule has 0 saturated carbocycles. The first-order valence-electron chi connectivity index (χ1n) is 11.5. The second-order valence-corrected chi connectivity index (χ2v) is 10.9. The molecule has 0 radical (unpaired) electrons. The number of aliphatic hydroxyl groups is 2. The molecule has 0 aliphatic carbocycles. The molecule has 1 saturated heterocycles. The van der Waals surface area contributed by atoms with E-state index >= 15 is 0 Å². The summed E-state index contributed by atoms with van der Waals surface area (Å²) in [5.41, 5.74) is 2.99. The van der Waals surface area contributed by atoms with Gasteiger partial charge in [0.1, 0.15) is 11.4 Å². The molecule has 2 atom stereocenters. The number of aromatic nitrogens is 2. The van der Waals surface area contributed by atoms with Crippen molar-refractivity contribution in [1.82, 2.24) is 9.97 Å². The number of nitrogens with one attached hydrogen (secondary N) is 1. The van der Waals surface area contributed by atoms with Crippen LogP contribution in [-0.2, 0) is 23.0 Å². The van der Waals surface area contributed by atoms with Crippen molar-refractivity contribution in [2.75, 3.05) is 42.3 Å². The van der Waals surface area contributed by atoms with Gasteiger partial charge in [0.15, 0.2) is 5.82 Å². The van der Waals surface area contributed by atoms with E-state index in [0.717, 1.165) is 31.6 Å². The monoisotopic (exact) mass is 458 g/mol. The summed E-state index contributed by atoms with van der Waals surface area (Å²) in [6.45, 7) is 7.73. The highest BCUT2D eigenvalue weighted by atomic mass is 32.2. The highest BCUT2D eigenvalue weighted by molar-refractivity contribution is 7.91. The lowest BCUT2D eigenvalue weighted by atomic mass is 9.73. The van der Waals surface area contributed by atoms with E-state index in [0.29, 0.717) is 28.8 Å². The van der Waals surface area contributed by atoms with Crippen LogP contribution in [0.5, 0.6) is 0 Å². The summed E-state index contributed by atoms with van der Waals surface area (Å²) in [7, 11) is 0. The Hall–Kier alpha value is -1.87. The lowest BCUT2D eigenvalue weighted by Crippen LogP contribution is -2.45. The maximum atomic E-state index is 12.6. The highest BCUT2D eigenvalue weighted by Crippen LogP contribution is 2.38. The van der Waals surface area contributed by atoms with Crippen LogP contribution in [0.2, 0.25) is 0 Å². The molecule has 1 unspecified atom stereocenters. The van der Waals surface area contributed by atoms with Gasteiger partial charge in [-0.05, 0) is 42.4 Å². The number of nitrogens with zero attached hydrogens (tertiary/aromatic N) is 3. The minimum Gasteiger partial charge on any atom is -0.611 e.